The van der Waals surface area contributed by atoms with Gasteiger partial charge in [-0.15, -0.1) is 5.10 Å². The van der Waals surface area contributed by atoms with E-state index in [9.17, 15) is 0 Å². The highest BCUT2D eigenvalue weighted by molar-refractivity contribution is 5.48. The van der Waals surface area contributed by atoms with E-state index >= 15 is 0 Å². The molecule has 0 amide bonds. The molecule has 2 heterocycles. The topological polar surface area (TPSA) is 61.6 Å². The highest BCUT2D eigenvalue weighted by atomic mass is 16.5. The number of rotatable bonds is 9. The van der Waals surface area contributed by atoms with Crippen LogP contribution in [0.15, 0.2) is 72.9 Å². The third kappa shape index (κ3) is 5.46. The van der Waals surface area contributed by atoms with E-state index in [2.05, 4.69) is 51.6 Å². The van der Waals surface area contributed by atoms with Crippen LogP contribution >= 0.6 is 0 Å². The van der Waals surface area contributed by atoms with Gasteiger partial charge in [-0.3, -0.25) is 4.90 Å². The number of nitrogens with zero attached hydrogens (tertiary/aromatic N) is 4. The zero-order chi connectivity index (χ0) is 24.0. The average Bonchev–Trinajstić information content (AvgIpc) is 3.40. The van der Waals surface area contributed by atoms with Gasteiger partial charge in [-0.2, -0.15) is 0 Å². The summed E-state index contributed by atoms with van der Waals surface area (Å²) in [5.74, 6) is 2.43. The molecule has 7 nitrogen and oxygen atoms in total. The van der Waals surface area contributed by atoms with E-state index in [0.29, 0.717) is 6.61 Å². The van der Waals surface area contributed by atoms with Gasteiger partial charge < -0.3 is 14.2 Å². The Hall–Kier alpha value is -3.84. The molecule has 7 heteroatoms. The summed E-state index contributed by atoms with van der Waals surface area (Å²) in [6, 6.07) is 22.5. The smallest absolute Gasteiger partial charge is 0.161 e. The normalized spacial score (nSPS) is 13.3. The van der Waals surface area contributed by atoms with Crippen LogP contribution in [-0.2, 0) is 26.0 Å². The van der Waals surface area contributed by atoms with Gasteiger partial charge in [0, 0.05) is 19.6 Å². The molecule has 0 aliphatic carbocycles. The molecule has 35 heavy (non-hydrogen) atoms. The molecule has 0 radical (unpaired) electrons. The van der Waals surface area contributed by atoms with E-state index in [1.54, 1.807) is 18.9 Å². The van der Waals surface area contributed by atoms with E-state index in [4.69, 9.17) is 14.2 Å². The van der Waals surface area contributed by atoms with Crippen molar-refractivity contribution in [1.82, 2.24) is 19.9 Å². The van der Waals surface area contributed by atoms with Crippen molar-refractivity contribution in [2.75, 3.05) is 27.3 Å². The fraction of sp³-hybridized carbons (Fsp3) is 0.286. The van der Waals surface area contributed by atoms with Crippen molar-refractivity contribution in [2.24, 2.45) is 0 Å². The van der Waals surface area contributed by atoms with Gasteiger partial charge in [0.15, 0.2) is 11.5 Å². The largest absolute Gasteiger partial charge is 0.493 e. The fourth-order valence-electron chi connectivity index (χ4n) is 4.40. The lowest BCUT2D eigenvalue weighted by Gasteiger charge is -2.29. The quantitative estimate of drug-likeness (QED) is 0.360. The van der Waals surface area contributed by atoms with Crippen molar-refractivity contribution in [3.05, 3.63) is 95.3 Å². The van der Waals surface area contributed by atoms with Gasteiger partial charge in [0.05, 0.1) is 26.1 Å². The molecule has 5 rings (SSSR count). The Morgan fingerprint density at radius 3 is 2.37 bits per heavy atom. The van der Waals surface area contributed by atoms with Gasteiger partial charge in [0.1, 0.15) is 18.1 Å². The standard InChI is InChI=1S/C28H30N4O3/c1-33-27-16-22-13-15-31(18-23(22)17-28(27)34-2)14-12-21-8-10-25(11-9-21)32-19-24(29-30-32)20-35-26-6-4-3-5-7-26/h3-11,16-17,19H,12-15,18,20H2,1-2H3. The summed E-state index contributed by atoms with van der Waals surface area (Å²) in [5, 5.41) is 8.49. The van der Waals surface area contributed by atoms with Crippen LogP contribution in [0.1, 0.15) is 22.4 Å². The zero-order valence-electron chi connectivity index (χ0n) is 20.2. The number of hydrogen-bond acceptors (Lipinski definition) is 6. The van der Waals surface area contributed by atoms with Gasteiger partial charge in [0.2, 0.25) is 0 Å². The molecule has 0 N–H and O–H groups in total. The van der Waals surface area contributed by atoms with Crippen molar-refractivity contribution < 1.29 is 14.2 Å². The highest BCUT2D eigenvalue weighted by Crippen LogP contribution is 2.33. The lowest BCUT2D eigenvalue weighted by Crippen LogP contribution is -2.32. The molecule has 0 bridgehead atoms. The summed E-state index contributed by atoms with van der Waals surface area (Å²) >= 11 is 0. The molecule has 1 aliphatic rings. The highest BCUT2D eigenvalue weighted by Gasteiger charge is 2.19. The first-order chi connectivity index (χ1) is 17.2. The van der Waals surface area contributed by atoms with E-state index in [0.717, 1.165) is 61.1 Å². The second-order valence-electron chi connectivity index (χ2n) is 8.67. The van der Waals surface area contributed by atoms with E-state index in [1.165, 1.54) is 16.7 Å². The fourth-order valence-corrected chi connectivity index (χ4v) is 4.40. The SMILES string of the molecule is COc1cc2c(cc1OC)CN(CCc1ccc(-n3cc(COc4ccccc4)nn3)cc1)CC2. The molecule has 0 spiro atoms. The summed E-state index contributed by atoms with van der Waals surface area (Å²) in [6.45, 7) is 3.38. The predicted molar refractivity (Wildman–Crippen MR) is 134 cm³/mol. The van der Waals surface area contributed by atoms with Crippen molar-refractivity contribution >= 4 is 0 Å². The third-order valence-electron chi connectivity index (χ3n) is 6.39. The minimum Gasteiger partial charge on any atom is -0.493 e. The molecule has 1 aliphatic heterocycles. The van der Waals surface area contributed by atoms with Gasteiger partial charge in [0.25, 0.3) is 0 Å². The molecular weight excluding hydrogens is 440 g/mol. The van der Waals surface area contributed by atoms with Gasteiger partial charge in [-0.05, 0) is 65.9 Å². The third-order valence-corrected chi connectivity index (χ3v) is 6.39. The Morgan fingerprint density at radius 2 is 1.63 bits per heavy atom. The van der Waals surface area contributed by atoms with Crippen LogP contribution in [0.3, 0.4) is 0 Å². The number of aromatic nitrogens is 3. The Morgan fingerprint density at radius 1 is 0.886 bits per heavy atom. The van der Waals surface area contributed by atoms with E-state index < -0.39 is 0 Å². The van der Waals surface area contributed by atoms with Crippen molar-refractivity contribution in [1.29, 1.82) is 0 Å². The molecular formula is C28H30N4O3. The first kappa shape index (κ1) is 22.9. The van der Waals surface area contributed by atoms with Gasteiger partial charge in [-0.1, -0.05) is 35.5 Å². The maximum atomic E-state index is 5.76. The summed E-state index contributed by atoms with van der Waals surface area (Å²) in [6.07, 6.45) is 3.93. The minimum absolute atomic E-state index is 0.389. The van der Waals surface area contributed by atoms with Crippen LogP contribution in [0.4, 0.5) is 0 Å². The van der Waals surface area contributed by atoms with E-state index in [-0.39, 0.29) is 0 Å². The number of para-hydroxylation sites is 1. The monoisotopic (exact) mass is 470 g/mol. The molecule has 0 fully saturated rings. The van der Waals surface area contributed by atoms with E-state index in [1.807, 2.05) is 36.5 Å². The summed E-state index contributed by atoms with van der Waals surface area (Å²) in [7, 11) is 3.38. The minimum atomic E-state index is 0.389. The lowest BCUT2D eigenvalue weighted by molar-refractivity contribution is 0.255. The van der Waals surface area contributed by atoms with Crippen LogP contribution in [0.5, 0.6) is 17.2 Å². The van der Waals surface area contributed by atoms with Gasteiger partial charge >= 0.3 is 0 Å². The molecule has 1 aromatic heterocycles. The van der Waals surface area contributed by atoms with Crippen LogP contribution in [0.25, 0.3) is 5.69 Å². The van der Waals surface area contributed by atoms with Gasteiger partial charge in [-0.25, -0.2) is 4.68 Å². The Bertz CT molecular complexity index is 1260. The van der Waals surface area contributed by atoms with Crippen LogP contribution in [0.2, 0.25) is 0 Å². The first-order valence-corrected chi connectivity index (χ1v) is 11.9. The second kappa shape index (κ2) is 10.6. The molecule has 0 unspecified atom stereocenters. The summed E-state index contributed by atoms with van der Waals surface area (Å²) in [4.78, 5) is 2.50. The molecule has 0 atom stereocenters. The Balaban J connectivity index is 1.15. The number of ether oxygens (including phenoxy) is 3. The number of benzene rings is 3. The van der Waals surface area contributed by atoms with Crippen molar-refractivity contribution in [3.8, 4) is 22.9 Å². The average molecular weight is 471 g/mol. The summed E-state index contributed by atoms with van der Waals surface area (Å²) < 4.78 is 18.5. The van der Waals surface area contributed by atoms with Crippen LogP contribution in [-0.4, -0.2) is 47.2 Å². The maximum absolute atomic E-state index is 5.76. The number of methoxy groups -OCH3 is 2. The number of hydrogen-bond donors (Lipinski definition) is 0. The van der Waals surface area contributed by atoms with Crippen LogP contribution < -0.4 is 14.2 Å². The molecule has 0 saturated heterocycles. The Labute approximate surface area is 205 Å². The second-order valence-corrected chi connectivity index (χ2v) is 8.67. The number of fused-ring (bicyclic) bond motifs is 1. The molecule has 180 valence electrons. The van der Waals surface area contributed by atoms with Crippen molar-refractivity contribution in [3.63, 3.8) is 0 Å². The molecule has 3 aromatic carbocycles. The molecule has 0 saturated carbocycles. The van der Waals surface area contributed by atoms with Crippen molar-refractivity contribution in [2.45, 2.75) is 26.0 Å². The Kier molecular flexibility index (Phi) is 6.95. The zero-order valence-corrected chi connectivity index (χ0v) is 20.2. The first-order valence-electron chi connectivity index (χ1n) is 11.9. The maximum Gasteiger partial charge on any atom is 0.161 e. The van der Waals surface area contributed by atoms with Crippen LogP contribution in [0, 0.1) is 0 Å². The predicted octanol–water partition coefficient (Wildman–Crippen LogP) is 4.46. The lowest BCUT2D eigenvalue weighted by atomic mass is 9.98. The summed E-state index contributed by atoms with van der Waals surface area (Å²) in [5.41, 5.74) is 5.75. The molecule has 4 aromatic rings.